The van der Waals surface area contributed by atoms with Crippen LogP contribution in [0.4, 0.5) is 0 Å². The van der Waals surface area contributed by atoms with E-state index in [0.717, 1.165) is 24.8 Å². The lowest BCUT2D eigenvalue weighted by molar-refractivity contribution is 0.159. The number of benzene rings is 2. The summed E-state index contributed by atoms with van der Waals surface area (Å²) < 4.78 is 24.9. The predicted molar refractivity (Wildman–Crippen MR) is 114 cm³/mol. The molecule has 3 aromatic rings. The fourth-order valence-electron chi connectivity index (χ4n) is 3.09. The Hall–Kier alpha value is -2.19. The summed E-state index contributed by atoms with van der Waals surface area (Å²) in [6.45, 7) is 2.12. The van der Waals surface area contributed by atoms with Crippen LogP contribution in [0, 0.1) is 0 Å². The van der Waals surface area contributed by atoms with Crippen molar-refractivity contribution in [1.29, 1.82) is 0 Å². The number of imidazole rings is 1. The van der Waals surface area contributed by atoms with E-state index in [1.54, 1.807) is 30.5 Å². The second-order valence-corrected chi connectivity index (χ2v) is 8.91. The summed E-state index contributed by atoms with van der Waals surface area (Å²) in [5.74, 6) is 0.634. The van der Waals surface area contributed by atoms with Gasteiger partial charge in [0.2, 0.25) is 10.0 Å². The number of halogens is 1. The van der Waals surface area contributed by atoms with E-state index in [-0.39, 0.29) is 4.90 Å². The first-order valence-corrected chi connectivity index (χ1v) is 11.4. The Bertz CT molecular complexity index is 1060. The lowest BCUT2D eigenvalue weighted by Crippen LogP contribution is -2.12. The molecular formula is C21H24ClN3O3S. The zero-order valence-electron chi connectivity index (χ0n) is 16.1. The molecule has 154 valence electrons. The molecule has 0 aliphatic heterocycles. The molecule has 1 heterocycles. The van der Waals surface area contributed by atoms with Crippen LogP contribution in [0.15, 0.2) is 59.6 Å². The standard InChI is InChI=1S/C21H24ClN3O3S/c1-2-3-4-5-20(26)19-14-25(17-10-12-18(13-11-17)29(23,27)28)21(24-19)15-6-8-16(22)9-7-15/h6-14,20,26H,2-5H2,1H3,(H2,23,27,28). The number of hydrogen-bond acceptors (Lipinski definition) is 4. The number of nitrogens with two attached hydrogens (primary N) is 1. The van der Waals surface area contributed by atoms with Crippen LogP contribution < -0.4 is 5.14 Å². The number of primary sulfonamides is 1. The van der Waals surface area contributed by atoms with Crippen molar-refractivity contribution in [1.82, 2.24) is 9.55 Å². The van der Waals surface area contributed by atoms with Crippen LogP contribution in [0.2, 0.25) is 5.02 Å². The highest BCUT2D eigenvalue weighted by Crippen LogP contribution is 2.28. The van der Waals surface area contributed by atoms with Crippen molar-refractivity contribution in [3.63, 3.8) is 0 Å². The van der Waals surface area contributed by atoms with Crippen molar-refractivity contribution in [3.8, 4) is 17.1 Å². The van der Waals surface area contributed by atoms with Gasteiger partial charge >= 0.3 is 0 Å². The van der Waals surface area contributed by atoms with Crippen molar-refractivity contribution in [2.45, 2.75) is 43.6 Å². The quantitative estimate of drug-likeness (QED) is 0.512. The van der Waals surface area contributed by atoms with Gasteiger partial charge in [-0.15, -0.1) is 0 Å². The van der Waals surface area contributed by atoms with Crippen LogP contribution in [0.25, 0.3) is 17.1 Å². The van der Waals surface area contributed by atoms with Gasteiger partial charge in [-0.3, -0.25) is 4.57 Å². The van der Waals surface area contributed by atoms with Crippen molar-refractivity contribution in [2.75, 3.05) is 0 Å². The molecule has 0 fully saturated rings. The summed E-state index contributed by atoms with van der Waals surface area (Å²) in [4.78, 5) is 4.70. The Labute approximate surface area is 176 Å². The summed E-state index contributed by atoms with van der Waals surface area (Å²) in [6, 6.07) is 13.5. The second kappa shape index (κ2) is 9.09. The van der Waals surface area contributed by atoms with Gasteiger partial charge in [0.25, 0.3) is 0 Å². The number of aliphatic hydroxyl groups excluding tert-OH is 1. The summed E-state index contributed by atoms with van der Waals surface area (Å²) in [5, 5.41) is 16.4. The number of hydrogen-bond donors (Lipinski definition) is 2. The number of rotatable bonds is 8. The Morgan fingerprint density at radius 3 is 2.34 bits per heavy atom. The molecule has 0 aliphatic carbocycles. The average molecular weight is 434 g/mol. The second-order valence-electron chi connectivity index (χ2n) is 6.92. The first-order valence-electron chi connectivity index (χ1n) is 9.46. The number of aromatic nitrogens is 2. The molecule has 0 aliphatic rings. The van der Waals surface area contributed by atoms with Crippen LogP contribution in [-0.4, -0.2) is 23.1 Å². The smallest absolute Gasteiger partial charge is 0.238 e. The van der Waals surface area contributed by atoms with E-state index >= 15 is 0 Å². The Balaban J connectivity index is 2.02. The van der Waals surface area contributed by atoms with Gasteiger partial charge in [-0.05, 0) is 55.0 Å². The molecule has 0 saturated carbocycles. The molecule has 29 heavy (non-hydrogen) atoms. The largest absolute Gasteiger partial charge is 0.387 e. The summed E-state index contributed by atoms with van der Waals surface area (Å²) in [7, 11) is -3.77. The molecule has 0 bridgehead atoms. The highest BCUT2D eigenvalue weighted by Gasteiger charge is 2.18. The van der Waals surface area contributed by atoms with E-state index < -0.39 is 16.1 Å². The summed E-state index contributed by atoms with van der Waals surface area (Å²) >= 11 is 6.01. The highest BCUT2D eigenvalue weighted by atomic mass is 35.5. The molecule has 6 nitrogen and oxygen atoms in total. The van der Waals surface area contributed by atoms with E-state index in [9.17, 15) is 13.5 Å². The van der Waals surface area contributed by atoms with Crippen LogP contribution >= 0.6 is 11.6 Å². The molecule has 8 heteroatoms. The average Bonchev–Trinajstić information content (AvgIpc) is 3.13. The molecular weight excluding hydrogens is 410 g/mol. The van der Waals surface area contributed by atoms with E-state index in [2.05, 4.69) is 11.9 Å². The van der Waals surface area contributed by atoms with Crippen LogP contribution in [0.3, 0.4) is 0 Å². The fourth-order valence-corrected chi connectivity index (χ4v) is 3.73. The third-order valence-corrected chi connectivity index (χ3v) is 5.87. The minimum absolute atomic E-state index is 0.0363. The molecule has 1 aromatic heterocycles. The van der Waals surface area contributed by atoms with E-state index in [1.165, 1.54) is 12.1 Å². The molecule has 0 spiro atoms. The molecule has 1 atom stereocenters. The zero-order valence-corrected chi connectivity index (χ0v) is 17.7. The van der Waals surface area contributed by atoms with Gasteiger partial charge < -0.3 is 5.11 Å². The minimum atomic E-state index is -3.77. The van der Waals surface area contributed by atoms with Gasteiger partial charge in [0, 0.05) is 22.5 Å². The van der Waals surface area contributed by atoms with Crippen molar-refractivity contribution >= 4 is 21.6 Å². The fraction of sp³-hybridized carbons (Fsp3) is 0.286. The van der Waals surface area contributed by atoms with E-state index in [4.69, 9.17) is 16.7 Å². The van der Waals surface area contributed by atoms with Crippen LogP contribution in [0.1, 0.15) is 44.4 Å². The van der Waals surface area contributed by atoms with Gasteiger partial charge in [0.15, 0.2) is 0 Å². The lowest BCUT2D eigenvalue weighted by atomic mass is 10.1. The predicted octanol–water partition coefficient (Wildman–Crippen LogP) is 4.45. The summed E-state index contributed by atoms with van der Waals surface area (Å²) in [5.41, 5.74) is 2.11. The maximum atomic E-state index is 11.5. The first kappa shape index (κ1) is 21.5. The van der Waals surface area contributed by atoms with Gasteiger partial charge in [0.05, 0.1) is 16.7 Å². The van der Waals surface area contributed by atoms with Gasteiger partial charge in [0.1, 0.15) is 5.82 Å². The van der Waals surface area contributed by atoms with Crippen molar-refractivity contribution in [3.05, 3.63) is 65.4 Å². The Kier molecular flexibility index (Phi) is 6.74. The normalized spacial score (nSPS) is 12.8. The molecule has 0 amide bonds. The molecule has 3 rings (SSSR count). The molecule has 3 N–H and O–H groups in total. The van der Waals surface area contributed by atoms with E-state index in [1.807, 2.05) is 16.7 Å². The number of nitrogens with zero attached hydrogens (tertiary/aromatic N) is 2. The third-order valence-electron chi connectivity index (χ3n) is 4.69. The van der Waals surface area contributed by atoms with Crippen LogP contribution in [0.5, 0.6) is 0 Å². The lowest BCUT2D eigenvalue weighted by Gasteiger charge is -2.09. The maximum Gasteiger partial charge on any atom is 0.238 e. The molecule has 2 aromatic carbocycles. The van der Waals surface area contributed by atoms with Gasteiger partial charge in [-0.25, -0.2) is 18.5 Å². The molecule has 0 radical (unpaired) electrons. The molecule has 1 unspecified atom stereocenters. The van der Waals surface area contributed by atoms with E-state index in [0.29, 0.717) is 28.6 Å². The van der Waals surface area contributed by atoms with Crippen molar-refractivity contribution in [2.24, 2.45) is 5.14 Å². The summed E-state index contributed by atoms with van der Waals surface area (Å²) in [6.07, 6.45) is 4.80. The third kappa shape index (κ3) is 5.25. The maximum absolute atomic E-state index is 11.5. The van der Waals surface area contributed by atoms with Gasteiger partial charge in [-0.1, -0.05) is 37.8 Å². The topological polar surface area (TPSA) is 98.2 Å². The number of unbranched alkanes of at least 4 members (excludes halogenated alkanes) is 2. The van der Waals surface area contributed by atoms with Crippen molar-refractivity contribution < 1.29 is 13.5 Å². The zero-order chi connectivity index (χ0) is 21.0. The van der Waals surface area contributed by atoms with Gasteiger partial charge in [-0.2, -0.15) is 0 Å². The minimum Gasteiger partial charge on any atom is -0.387 e. The highest BCUT2D eigenvalue weighted by molar-refractivity contribution is 7.89. The first-order chi connectivity index (χ1) is 13.8. The van der Waals surface area contributed by atoms with Crippen LogP contribution in [-0.2, 0) is 10.0 Å². The molecule has 0 saturated heterocycles. The Morgan fingerprint density at radius 2 is 1.76 bits per heavy atom. The Morgan fingerprint density at radius 1 is 1.10 bits per heavy atom. The monoisotopic (exact) mass is 433 g/mol. The number of sulfonamides is 1. The SMILES string of the molecule is CCCCCC(O)c1cn(-c2ccc(S(N)(=O)=O)cc2)c(-c2ccc(Cl)cc2)n1. The number of aliphatic hydroxyl groups is 1.